The minimum atomic E-state index is -0.525. The van der Waals surface area contributed by atoms with E-state index in [1.54, 1.807) is 0 Å². The van der Waals surface area contributed by atoms with Gasteiger partial charge in [0.25, 0.3) is 0 Å². The van der Waals surface area contributed by atoms with Crippen LogP contribution in [-0.2, 0) is 13.5 Å². The van der Waals surface area contributed by atoms with Crippen molar-refractivity contribution in [1.82, 2.24) is 9.88 Å². The molecular formula is C13H16N2O. The number of β-amino-alcohol motifs (C(OH)–C–C–N with tert-alkyl or cyclic N) is 1. The lowest BCUT2D eigenvalue weighted by Gasteiger charge is -2.37. The van der Waals surface area contributed by atoms with Gasteiger partial charge in [-0.2, -0.15) is 0 Å². The molecule has 1 aliphatic heterocycles. The number of aliphatic hydroxyl groups is 1. The molecule has 2 aromatic rings. The van der Waals surface area contributed by atoms with Gasteiger partial charge in [-0.05, 0) is 29.1 Å². The van der Waals surface area contributed by atoms with Crippen LogP contribution < -0.4 is 5.32 Å². The van der Waals surface area contributed by atoms with Crippen LogP contribution in [0.4, 0.5) is 0 Å². The van der Waals surface area contributed by atoms with Gasteiger partial charge in [-0.25, -0.2) is 0 Å². The zero-order valence-electron chi connectivity index (χ0n) is 9.40. The van der Waals surface area contributed by atoms with Crippen molar-refractivity contribution in [3.63, 3.8) is 0 Å². The summed E-state index contributed by atoms with van der Waals surface area (Å²) in [4.78, 5) is 0. The Bertz CT molecular complexity index is 526. The molecule has 0 saturated carbocycles. The minimum Gasteiger partial charge on any atom is -0.387 e. The van der Waals surface area contributed by atoms with Crippen molar-refractivity contribution in [3.8, 4) is 0 Å². The van der Waals surface area contributed by atoms with E-state index in [1.165, 1.54) is 16.5 Å². The highest BCUT2D eigenvalue weighted by Crippen LogP contribution is 2.22. The number of fused-ring (bicyclic) bond motifs is 1. The van der Waals surface area contributed by atoms with Gasteiger partial charge in [0, 0.05) is 38.3 Å². The van der Waals surface area contributed by atoms with Crippen LogP contribution in [0.5, 0.6) is 0 Å². The fraction of sp³-hybridized carbons (Fsp3) is 0.385. The zero-order chi connectivity index (χ0) is 11.2. The van der Waals surface area contributed by atoms with Crippen molar-refractivity contribution in [2.45, 2.75) is 12.0 Å². The summed E-state index contributed by atoms with van der Waals surface area (Å²) in [5, 5.41) is 14.4. The first-order valence-electron chi connectivity index (χ1n) is 5.63. The number of nitrogens with zero attached hydrogens (tertiary/aromatic N) is 1. The number of rotatable bonds is 2. The van der Waals surface area contributed by atoms with Crippen molar-refractivity contribution in [2.24, 2.45) is 7.05 Å². The van der Waals surface area contributed by atoms with E-state index >= 15 is 0 Å². The molecule has 0 bridgehead atoms. The van der Waals surface area contributed by atoms with Gasteiger partial charge in [0.15, 0.2) is 0 Å². The Balaban J connectivity index is 1.93. The fourth-order valence-corrected chi connectivity index (χ4v) is 2.36. The summed E-state index contributed by atoms with van der Waals surface area (Å²) in [6.45, 7) is 1.42. The van der Waals surface area contributed by atoms with Gasteiger partial charge in [-0.3, -0.25) is 0 Å². The van der Waals surface area contributed by atoms with Gasteiger partial charge in [0.2, 0.25) is 0 Å². The van der Waals surface area contributed by atoms with Crippen molar-refractivity contribution in [1.29, 1.82) is 0 Å². The number of aromatic nitrogens is 1. The first-order valence-corrected chi connectivity index (χ1v) is 5.63. The Morgan fingerprint density at radius 1 is 1.38 bits per heavy atom. The number of hydrogen-bond donors (Lipinski definition) is 2. The number of benzene rings is 1. The highest BCUT2D eigenvalue weighted by molar-refractivity contribution is 5.80. The molecule has 1 fully saturated rings. The average Bonchev–Trinajstić information content (AvgIpc) is 2.58. The Morgan fingerprint density at radius 2 is 2.19 bits per heavy atom. The maximum Gasteiger partial charge on any atom is 0.0935 e. The molecule has 0 atom stereocenters. The summed E-state index contributed by atoms with van der Waals surface area (Å²) in [5.74, 6) is 0. The molecule has 0 aliphatic carbocycles. The van der Waals surface area contributed by atoms with E-state index in [0.717, 1.165) is 6.42 Å². The quantitative estimate of drug-likeness (QED) is 0.787. The van der Waals surface area contributed by atoms with Crippen LogP contribution in [0, 0.1) is 0 Å². The molecule has 84 valence electrons. The molecule has 3 nitrogen and oxygen atoms in total. The summed E-state index contributed by atoms with van der Waals surface area (Å²) in [5.41, 5.74) is 1.92. The molecule has 1 aliphatic rings. The van der Waals surface area contributed by atoms with E-state index in [2.05, 4.69) is 40.3 Å². The average molecular weight is 216 g/mol. The zero-order valence-corrected chi connectivity index (χ0v) is 9.40. The molecule has 0 amide bonds. The van der Waals surface area contributed by atoms with E-state index < -0.39 is 5.60 Å². The SMILES string of the molecule is Cn1ccc2cc(CC3(O)CNC3)ccc21. The standard InChI is InChI=1S/C13H16N2O/c1-15-5-4-11-6-10(2-3-12(11)15)7-13(16)8-14-9-13/h2-6,14,16H,7-9H2,1H3. The highest BCUT2D eigenvalue weighted by atomic mass is 16.3. The van der Waals surface area contributed by atoms with E-state index in [1.807, 2.05) is 7.05 Å². The molecule has 0 radical (unpaired) electrons. The van der Waals surface area contributed by atoms with Crippen LogP contribution >= 0.6 is 0 Å². The number of nitrogens with one attached hydrogen (secondary N) is 1. The molecule has 0 spiro atoms. The first-order chi connectivity index (χ1) is 7.66. The summed E-state index contributed by atoms with van der Waals surface area (Å²) in [6.07, 6.45) is 2.80. The second-order valence-corrected chi connectivity index (χ2v) is 4.82. The predicted octanol–water partition coefficient (Wildman–Crippen LogP) is 1.06. The molecule has 1 aromatic heterocycles. The monoisotopic (exact) mass is 216 g/mol. The van der Waals surface area contributed by atoms with Crippen molar-refractivity contribution < 1.29 is 5.11 Å². The molecule has 3 rings (SSSR count). The van der Waals surface area contributed by atoms with Gasteiger partial charge in [0.1, 0.15) is 0 Å². The lowest BCUT2D eigenvalue weighted by Crippen LogP contribution is -2.60. The second-order valence-electron chi connectivity index (χ2n) is 4.82. The third kappa shape index (κ3) is 1.52. The Morgan fingerprint density at radius 3 is 2.88 bits per heavy atom. The van der Waals surface area contributed by atoms with Gasteiger partial charge >= 0.3 is 0 Å². The molecule has 2 heterocycles. The van der Waals surface area contributed by atoms with Crippen molar-refractivity contribution in [2.75, 3.05) is 13.1 Å². The van der Waals surface area contributed by atoms with Crippen LogP contribution in [0.1, 0.15) is 5.56 Å². The Hall–Kier alpha value is -1.32. The molecule has 1 aromatic carbocycles. The topological polar surface area (TPSA) is 37.2 Å². The van der Waals surface area contributed by atoms with Crippen LogP contribution in [0.15, 0.2) is 30.5 Å². The van der Waals surface area contributed by atoms with E-state index in [9.17, 15) is 5.11 Å². The van der Waals surface area contributed by atoms with Crippen molar-refractivity contribution in [3.05, 3.63) is 36.0 Å². The smallest absolute Gasteiger partial charge is 0.0935 e. The van der Waals surface area contributed by atoms with Crippen LogP contribution in [0.3, 0.4) is 0 Å². The predicted molar refractivity (Wildman–Crippen MR) is 64.4 cm³/mol. The minimum absolute atomic E-state index is 0.525. The highest BCUT2D eigenvalue weighted by Gasteiger charge is 2.34. The maximum absolute atomic E-state index is 10.1. The lowest BCUT2D eigenvalue weighted by molar-refractivity contribution is -0.00899. The number of aryl methyl sites for hydroxylation is 1. The van der Waals surface area contributed by atoms with Crippen LogP contribution in [0.25, 0.3) is 10.9 Å². The summed E-state index contributed by atoms with van der Waals surface area (Å²) < 4.78 is 2.11. The largest absolute Gasteiger partial charge is 0.387 e. The lowest BCUT2D eigenvalue weighted by atomic mass is 9.89. The van der Waals surface area contributed by atoms with E-state index in [-0.39, 0.29) is 0 Å². The Labute approximate surface area is 94.7 Å². The van der Waals surface area contributed by atoms with Gasteiger partial charge < -0.3 is 15.0 Å². The molecule has 3 heteroatoms. The maximum atomic E-state index is 10.1. The number of hydrogen-bond acceptors (Lipinski definition) is 2. The summed E-state index contributed by atoms with van der Waals surface area (Å²) >= 11 is 0. The first kappa shape index (κ1) is 9.87. The van der Waals surface area contributed by atoms with Gasteiger partial charge in [-0.1, -0.05) is 6.07 Å². The van der Waals surface area contributed by atoms with Gasteiger partial charge in [-0.15, -0.1) is 0 Å². The van der Waals surface area contributed by atoms with Crippen LogP contribution in [-0.4, -0.2) is 28.4 Å². The third-order valence-electron chi connectivity index (χ3n) is 3.39. The fourth-order valence-electron chi connectivity index (χ4n) is 2.36. The Kier molecular flexibility index (Phi) is 2.06. The van der Waals surface area contributed by atoms with Crippen LogP contribution in [0.2, 0.25) is 0 Å². The van der Waals surface area contributed by atoms with Crippen molar-refractivity contribution >= 4 is 10.9 Å². The molecule has 1 saturated heterocycles. The molecule has 2 N–H and O–H groups in total. The normalized spacial score (nSPS) is 18.6. The molecule has 16 heavy (non-hydrogen) atoms. The summed E-state index contributed by atoms with van der Waals surface area (Å²) in [6, 6.07) is 8.52. The third-order valence-corrected chi connectivity index (χ3v) is 3.39. The van der Waals surface area contributed by atoms with E-state index in [0.29, 0.717) is 13.1 Å². The summed E-state index contributed by atoms with van der Waals surface area (Å²) in [7, 11) is 2.05. The second kappa shape index (κ2) is 3.34. The molecular weight excluding hydrogens is 200 g/mol. The molecule has 0 unspecified atom stereocenters. The van der Waals surface area contributed by atoms with E-state index in [4.69, 9.17) is 0 Å². The van der Waals surface area contributed by atoms with Gasteiger partial charge in [0.05, 0.1) is 5.60 Å².